The summed E-state index contributed by atoms with van der Waals surface area (Å²) in [5.74, 6) is 2.51. The molecule has 32 heavy (non-hydrogen) atoms. The second-order valence-electron chi connectivity index (χ2n) is 10.5. The van der Waals surface area contributed by atoms with Crippen molar-refractivity contribution in [3.63, 3.8) is 0 Å². The van der Waals surface area contributed by atoms with Crippen molar-refractivity contribution in [3.05, 3.63) is 82.9 Å². The van der Waals surface area contributed by atoms with Gasteiger partial charge in [-0.25, -0.2) is 4.98 Å². The summed E-state index contributed by atoms with van der Waals surface area (Å²) < 4.78 is 0. The molecule has 3 aromatic rings. The Morgan fingerprint density at radius 3 is 1.97 bits per heavy atom. The molecular weight excluding hydrogens is 412 g/mol. The number of carbonyl (C=O) groups is 1. The number of nitrogens with zero attached hydrogens (tertiary/aromatic N) is 1. The van der Waals surface area contributed by atoms with E-state index < -0.39 is 0 Å². The van der Waals surface area contributed by atoms with Crippen LogP contribution in [0.5, 0.6) is 0 Å². The van der Waals surface area contributed by atoms with Crippen molar-refractivity contribution in [2.24, 2.45) is 23.2 Å². The van der Waals surface area contributed by atoms with E-state index in [1.54, 1.807) is 11.3 Å². The van der Waals surface area contributed by atoms with Gasteiger partial charge in [0.05, 0.1) is 11.6 Å². The summed E-state index contributed by atoms with van der Waals surface area (Å²) in [4.78, 5) is 18.3. The number of aromatic nitrogens is 1. The van der Waals surface area contributed by atoms with Gasteiger partial charge >= 0.3 is 0 Å². The van der Waals surface area contributed by atoms with Gasteiger partial charge < -0.3 is 5.32 Å². The lowest BCUT2D eigenvalue weighted by molar-refractivity contribution is -0.116. The maximum atomic E-state index is 13.4. The van der Waals surface area contributed by atoms with Crippen LogP contribution in [0.25, 0.3) is 0 Å². The summed E-state index contributed by atoms with van der Waals surface area (Å²) in [7, 11) is 0. The molecule has 4 heteroatoms. The number of nitrogens with one attached hydrogen (secondary N) is 1. The molecule has 1 amide bonds. The average molecular weight is 443 g/mol. The maximum Gasteiger partial charge on any atom is 0.238 e. The number of anilines is 1. The minimum atomic E-state index is -0.340. The van der Waals surface area contributed by atoms with Crippen LogP contribution in [0.1, 0.15) is 61.3 Å². The van der Waals surface area contributed by atoms with E-state index in [4.69, 9.17) is 4.98 Å². The van der Waals surface area contributed by atoms with Crippen molar-refractivity contribution in [1.29, 1.82) is 0 Å². The number of carbonyl (C=O) groups excluding carboxylic acids is 1. The van der Waals surface area contributed by atoms with Gasteiger partial charge in [-0.15, -0.1) is 11.3 Å². The van der Waals surface area contributed by atoms with Gasteiger partial charge in [-0.05, 0) is 79.2 Å². The topological polar surface area (TPSA) is 42.0 Å². The van der Waals surface area contributed by atoms with Crippen LogP contribution in [0.2, 0.25) is 0 Å². The highest BCUT2D eigenvalue weighted by atomic mass is 32.1. The number of hydrogen-bond acceptors (Lipinski definition) is 3. The van der Waals surface area contributed by atoms with Crippen LogP contribution >= 0.6 is 11.3 Å². The molecule has 3 nitrogen and oxygen atoms in total. The van der Waals surface area contributed by atoms with E-state index in [1.165, 1.54) is 44.2 Å². The quantitative estimate of drug-likeness (QED) is 0.463. The molecular formula is C28H30N2OS. The molecule has 2 aromatic carbocycles. The molecule has 1 N–H and O–H groups in total. The Kier molecular flexibility index (Phi) is 5.14. The fourth-order valence-electron chi connectivity index (χ4n) is 7.30. The van der Waals surface area contributed by atoms with Gasteiger partial charge in [0, 0.05) is 5.38 Å². The zero-order valence-corrected chi connectivity index (χ0v) is 19.2. The average Bonchev–Trinajstić information content (AvgIpc) is 3.20. The number of thiazole rings is 1. The van der Waals surface area contributed by atoms with Crippen molar-refractivity contribution in [1.82, 2.24) is 4.98 Å². The third-order valence-electron chi connectivity index (χ3n) is 8.03. The molecule has 164 valence electrons. The van der Waals surface area contributed by atoms with Crippen LogP contribution in [-0.2, 0) is 11.2 Å². The molecule has 1 heterocycles. The minimum Gasteiger partial charge on any atom is -0.301 e. The Hall–Kier alpha value is -2.46. The molecule has 0 spiro atoms. The van der Waals surface area contributed by atoms with Gasteiger partial charge in [0.2, 0.25) is 5.91 Å². The highest BCUT2D eigenvalue weighted by Gasteiger charge is 2.50. The standard InChI is InChI=1S/C28H30N2OS/c31-26(25(22-7-3-1-4-8-22)23-9-5-2-6-10-23)30-27-29-24(18-32-27)17-28-14-19-11-20(15-28)13-21(12-19)16-28/h1-10,18-21,25H,11-17H2,(H,29,30,31). The van der Waals surface area contributed by atoms with Crippen LogP contribution < -0.4 is 5.32 Å². The summed E-state index contributed by atoms with van der Waals surface area (Å²) >= 11 is 1.57. The summed E-state index contributed by atoms with van der Waals surface area (Å²) in [5.41, 5.74) is 3.65. The van der Waals surface area contributed by atoms with Crippen molar-refractivity contribution >= 4 is 22.4 Å². The molecule has 7 rings (SSSR count). The lowest BCUT2D eigenvalue weighted by atomic mass is 9.48. The lowest BCUT2D eigenvalue weighted by Gasteiger charge is -2.56. The number of rotatable bonds is 6. The first-order valence-electron chi connectivity index (χ1n) is 12.0. The molecule has 0 atom stereocenters. The summed E-state index contributed by atoms with van der Waals surface area (Å²) in [6.45, 7) is 0. The predicted molar refractivity (Wildman–Crippen MR) is 130 cm³/mol. The SMILES string of the molecule is O=C(Nc1nc(CC23CC4CC(CC(C4)C2)C3)cs1)C(c1ccccc1)c1ccccc1. The summed E-state index contributed by atoms with van der Waals surface area (Å²) in [6.07, 6.45) is 9.67. The van der Waals surface area contributed by atoms with Crippen molar-refractivity contribution in [2.45, 2.75) is 50.9 Å². The Labute approximate surface area is 194 Å². The van der Waals surface area contributed by atoms with E-state index >= 15 is 0 Å². The number of amides is 1. The largest absolute Gasteiger partial charge is 0.301 e. The fraction of sp³-hybridized carbons (Fsp3) is 0.429. The normalized spacial score (nSPS) is 28.2. The van der Waals surface area contributed by atoms with Gasteiger partial charge in [-0.1, -0.05) is 60.7 Å². The number of hydrogen-bond donors (Lipinski definition) is 1. The highest BCUT2D eigenvalue weighted by Crippen LogP contribution is 2.61. The lowest BCUT2D eigenvalue weighted by Crippen LogP contribution is -2.47. The van der Waals surface area contributed by atoms with Gasteiger partial charge in [0.1, 0.15) is 0 Å². The molecule has 4 saturated carbocycles. The van der Waals surface area contributed by atoms with Gasteiger partial charge in [0.25, 0.3) is 0 Å². The molecule has 0 unspecified atom stereocenters. The Balaban J connectivity index is 1.19. The van der Waals surface area contributed by atoms with Gasteiger partial charge in [-0.3, -0.25) is 4.79 Å². The molecule has 4 aliphatic carbocycles. The molecule has 4 aliphatic rings. The third kappa shape index (κ3) is 3.90. The Morgan fingerprint density at radius 1 is 0.906 bits per heavy atom. The Bertz CT molecular complexity index is 1020. The summed E-state index contributed by atoms with van der Waals surface area (Å²) in [5, 5.41) is 6.04. The second-order valence-corrected chi connectivity index (χ2v) is 11.3. The summed E-state index contributed by atoms with van der Waals surface area (Å²) in [6, 6.07) is 20.0. The first kappa shape index (κ1) is 20.2. The molecule has 0 aliphatic heterocycles. The van der Waals surface area contributed by atoms with Crippen molar-refractivity contribution in [2.75, 3.05) is 5.32 Å². The zero-order chi connectivity index (χ0) is 21.5. The molecule has 4 fully saturated rings. The molecule has 1 aromatic heterocycles. The molecule has 0 saturated heterocycles. The van der Waals surface area contributed by atoms with Crippen molar-refractivity contribution in [3.8, 4) is 0 Å². The molecule has 4 bridgehead atoms. The highest BCUT2D eigenvalue weighted by molar-refractivity contribution is 7.13. The predicted octanol–water partition coefficient (Wildman–Crippen LogP) is 6.67. The second kappa shape index (κ2) is 8.15. The van der Waals surface area contributed by atoms with E-state index in [1.807, 2.05) is 60.7 Å². The van der Waals surface area contributed by atoms with Crippen LogP contribution in [0.4, 0.5) is 5.13 Å². The van der Waals surface area contributed by atoms with Gasteiger partial charge in [-0.2, -0.15) is 0 Å². The Morgan fingerprint density at radius 2 is 1.44 bits per heavy atom. The van der Waals surface area contributed by atoms with E-state index in [0.29, 0.717) is 5.41 Å². The van der Waals surface area contributed by atoms with Gasteiger partial charge in [0.15, 0.2) is 5.13 Å². The van der Waals surface area contributed by atoms with E-state index in [2.05, 4.69) is 10.7 Å². The molecule has 0 radical (unpaired) electrons. The van der Waals surface area contributed by atoms with Crippen LogP contribution in [0.3, 0.4) is 0 Å². The zero-order valence-electron chi connectivity index (χ0n) is 18.4. The monoisotopic (exact) mass is 442 g/mol. The van der Waals surface area contributed by atoms with Crippen LogP contribution in [-0.4, -0.2) is 10.9 Å². The van der Waals surface area contributed by atoms with E-state index in [0.717, 1.165) is 40.4 Å². The maximum absolute atomic E-state index is 13.4. The van der Waals surface area contributed by atoms with E-state index in [-0.39, 0.29) is 11.8 Å². The first-order valence-corrected chi connectivity index (χ1v) is 12.9. The third-order valence-corrected chi connectivity index (χ3v) is 8.84. The van der Waals surface area contributed by atoms with Crippen LogP contribution in [0.15, 0.2) is 66.0 Å². The van der Waals surface area contributed by atoms with E-state index in [9.17, 15) is 4.79 Å². The number of benzene rings is 2. The first-order chi connectivity index (χ1) is 15.7. The van der Waals surface area contributed by atoms with Crippen molar-refractivity contribution < 1.29 is 4.79 Å². The van der Waals surface area contributed by atoms with Crippen LogP contribution in [0, 0.1) is 23.2 Å². The minimum absolute atomic E-state index is 0.0156. The smallest absolute Gasteiger partial charge is 0.238 e. The fourth-order valence-corrected chi connectivity index (χ4v) is 8.01.